The van der Waals surface area contributed by atoms with Crippen LogP contribution < -0.4 is 5.32 Å². The van der Waals surface area contributed by atoms with E-state index in [1.165, 1.54) is 0 Å². The van der Waals surface area contributed by atoms with Gasteiger partial charge >= 0.3 is 0 Å². The zero-order valence-corrected chi connectivity index (χ0v) is 13.7. The molecular formula is C20H16N2OS. The summed E-state index contributed by atoms with van der Waals surface area (Å²) in [5.41, 5.74) is 3.71. The quantitative estimate of drug-likeness (QED) is 0.556. The van der Waals surface area contributed by atoms with E-state index in [2.05, 4.69) is 10.3 Å². The Morgan fingerprint density at radius 2 is 1.54 bits per heavy atom. The summed E-state index contributed by atoms with van der Waals surface area (Å²) in [4.78, 5) is 15.9. The Balaban J connectivity index is 1.66. The molecule has 0 fully saturated rings. The van der Waals surface area contributed by atoms with E-state index in [4.69, 9.17) is 0 Å². The molecule has 0 aliphatic heterocycles. The Kier molecular flexibility index (Phi) is 3.89. The highest BCUT2D eigenvalue weighted by atomic mass is 32.1. The van der Waals surface area contributed by atoms with Crippen molar-refractivity contribution in [1.29, 1.82) is 0 Å². The molecule has 0 saturated carbocycles. The van der Waals surface area contributed by atoms with Crippen LogP contribution in [0.1, 0.15) is 27.7 Å². The number of rotatable bonds is 4. The standard InChI is InChI=1S/C20H16N2OS/c23-20(17-13-18-16(21-17)11-12-24-18)22-19(14-7-3-1-4-8-14)15-9-5-2-6-10-15/h1-13,19,21H,(H,22,23). The van der Waals surface area contributed by atoms with Crippen LogP contribution in [0.5, 0.6) is 0 Å². The van der Waals surface area contributed by atoms with Crippen LogP contribution in [0.15, 0.2) is 78.2 Å². The second-order valence-corrected chi connectivity index (χ2v) is 6.56. The van der Waals surface area contributed by atoms with Gasteiger partial charge in [-0.05, 0) is 28.6 Å². The molecule has 4 rings (SSSR count). The van der Waals surface area contributed by atoms with E-state index >= 15 is 0 Å². The van der Waals surface area contributed by atoms with Crippen LogP contribution in [0.25, 0.3) is 10.2 Å². The van der Waals surface area contributed by atoms with Gasteiger partial charge in [0.05, 0.1) is 16.3 Å². The summed E-state index contributed by atoms with van der Waals surface area (Å²) in [6.45, 7) is 0. The van der Waals surface area contributed by atoms with Gasteiger partial charge in [0.1, 0.15) is 5.69 Å². The molecule has 24 heavy (non-hydrogen) atoms. The molecular weight excluding hydrogens is 316 g/mol. The molecule has 0 atom stereocenters. The van der Waals surface area contributed by atoms with E-state index in [1.807, 2.05) is 78.2 Å². The van der Waals surface area contributed by atoms with Crippen molar-refractivity contribution in [2.75, 3.05) is 0 Å². The fraction of sp³-hybridized carbons (Fsp3) is 0.0500. The van der Waals surface area contributed by atoms with Gasteiger partial charge in [-0.15, -0.1) is 11.3 Å². The highest BCUT2D eigenvalue weighted by Gasteiger charge is 2.18. The van der Waals surface area contributed by atoms with Crippen LogP contribution in [0.2, 0.25) is 0 Å². The van der Waals surface area contributed by atoms with Crippen molar-refractivity contribution in [3.05, 3.63) is 95.0 Å². The van der Waals surface area contributed by atoms with Gasteiger partial charge in [0, 0.05) is 0 Å². The van der Waals surface area contributed by atoms with E-state index in [0.717, 1.165) is 21.3 Å². The first kappa shape index (κ1) is 14.7. The molecule has 118 valence electrons. The molecule has 2 aromatic carbocycles. The minimum absolute atomic E-state index is 0.101. The lowest BCUT2D eigenvalue weighted by molar-refractivity contribution is 0.0939. The molecule has 0 saturated heterocycles. The number of hydrogen-bond donors (Lipinski definition) is 2. The third-order valence-electron chi connectivity index (χ3n) is 4.03. The van der Waals surface area contributed by atoms with Crippen molar-refractivity contribution in [2.45, 2.75) is 6.04 Å². The van der Waals surface area contributed by atoms with Gasteiger partial charge in [-0.25, -0.2) is 0 Å². The second kappa shape index (κ2) is 6.34. The predicted molar refractivity (Wildman–Crippen MR) is 98.4 cm³/mol. The summed E-state index contributed by atoms with van der Waals surface area (Å²) in [5.74, 6) is -0.101. The summed E-state index contributed by atoms with van der Waals surface area (Å²) in [7, 11) is 0. The number of fused-ring (bicyclic) bond motifs is 1. The van der Waals surface area contributed by atoms with Gasteiger partial charge in [-0.2, -0.15) is 0 Å². The Bertz CT molecular complexity index is 889. The third kappa shape index (κ3) is 2.84. The fourth-order valence-electron chi connectivity index (χ4n) is 2.83. The zero-order valence-electron chi connectivity index (χ0n) is 12.9. The van der Waals surface area contributed by atoms with E-state index in [9.17, 15) is 4.79 Å². The maximum absolute atomic E-state index is 12.7. The second-order valence-electron chi connectivity index (χ2n) is 5.61. The minimum Gasteiger partial charge on any atom is -0.350 e. The van der Waals surface area contributed by atoms with E-state index in [0.29, 0.717) is 5.69 Å². The molecule has 0 aliphatic carbocycles. The number of carbonyl (C=O) groups excluding carboxylic acids is 1. The fourth-order valence-corrected chi connectivity index (χ4v) is 3.61. The molecule has 1 amide bonds. The molecule has 0 spiro atoms. The number of H-pyrrole nitrogens is 1. The molecule has 4 heteroatoms. The molecule has 0 radical (unpaired) electrons. The molecule has 0 bridgehead atoms. The zero-order chi connectivity index (χ0) is 16.4. The Morgan fingerprint density at radius 1 is 0.917 bits per heavy atom. The van der Waals surface area contributed by atoms with Crippen LogP contribution in [0.4, 0.5) is 0 Å². The molecule has 3 nitrogen and oxygen atoms in total. The summed E-state index contributed by atoms with van der Waals surface area (Å²) in [6.07, 6.45) is 0. The Labute approximate surface area is 144 Å². The lowest BCUT2D eigenvalue weighted by atomic mass is 9.98. The van der Waals surface area contributed by atoms with Gasteiger partial charge in [0.2, 0.25) is 0 Å². The summed E-state index contributed by atoms with van der Waals surface area (Å²) < 4.78 is 1.09. The number of aromatic nitrogens is 1. The van der Waals surface area contributed by atoms with Crippen molar-refractivity contribution >= 4 is 27.5 Å². The van der Waals surface area contributed by atoms with Gasteiger partial charge in [0.15, 0.2) is 0 Å². The molecule has 2 aromatic heterocycles. The van der Waals surface area contributed by atoms with Gasteiger partial charge in [0.25, 0.3) is 5.91 Å². The number of nitrogens with one attached hydrogen (secondary N) is 2. The molecule has 4 aromatic rings. The van der Waals surface area contributed by atoms with Crippen molar-refractivity contribution < 1.29 is 4.79 Å². The summed E-state index contributed by atoms with van der Waals surface area (Å²) in [6, 6.07) is 23.8. The summed E-state index contributed by atoms with van der Waals surface area (Å²) >= 11 is 1.63. The smallest absolute Gasteiger partial charge is 0.268 e. The van der Waals surface area contributed by atoms with Crippen molar-refractivity contribution in [3.8, 4) is 0 Å². The van der Waals surface area contributed by atoms with Gasteiger partial charge in [-0.3, -0.25) is 4.79 Å². The van der Waals surface area contributed by atoms with Crippen LogP contribution in [0.3, 0.4) is 0 Å². The topological polar surface area (TPSA) is 44.9 Å². The maximum Gasteiger partial charge on any atom is 0.268 e. The summed E-state index contributed by atoms with van der Waals surface area (Å²) in [5, 5.41) is 5.16. The number of aromatic amines is 1. The molecule has 0 unspecified atom stereocenters. The number of carbonyl (C=O) groups is 1. The SMILES string of the molecule is O=C(NC(c1ccccc1)c1ccccc1)c1cc2sccc2[nH]1. The van der Waals surface area contributed by atoms with Crippen LogP contribution in [-0.4, -0.2) is 10.9 Å². The number of amides is 1. The van der Waals surface area contributed by atoms with Crippen LogP contribution in [-0.2, 0) is 0 Å². The van der Waals surface area contributed by atoms with E-state index in [1.54, 1.807) is 11.3 Å². The number of hydrogen-bond acceptors (Lipinski definition) is 2. The van der Waals surface area contributed by atoms with Crippen molar-refractivity contribution in [2.24, 2.45) is 0 Å². The lowest BCUT2D eigenvalue weighted by Gasteiger charge is -2.19. The van der Waals surface area contributed by atoms with Crippen molar-refractivity contribution in [1.82, 2.24) is 10.3 Å². The first-order valence-corrected chi connectivity index (χ1v) is 8.66. The Hall–Kier alpha value is -2.85. The Morgan fingerprint density at radius 3 is 2.12 bits per heavy atom. The highest BCUT2D eigenvalue weighted by Crippen LogP contribution is 2.24. The van der Waals surface area contributed by atoms with Gasteiger partial charge < -0.3 is 10.3 Å². The monoisotopic (exact) mass is 332 g/mol. The van der Waals surface area contributed by atoms with Gasteiger partial charge in [-0.1, -0.05) is 60.7 Å². The molecule has 2 N–H and O–H groups in total. The average Bonchev–Trinajstić information content (AvgIpc) is 3.23. The molecule has 2 heterocycles. The number of benzene rings is 2. The maximum atomic E-state index is 12.7. The predicted octanol–water partition coefficient (Wildman–Crippen LogP) is 4.75. The third-order valence-corrected chi connectivity index (χ3v) is 4.89. The van der Waals surface area contributed by atoms with E-state index < -0.39 is 0 Å². The normalized spacial score (nSPS) is 11.0. The molecule has 0 aliphatic rings. The largest absolute Gasteiger partial charge is 0.350 e. The van der Waals surface area contributed by atoms with Crippen LogP contribution in [0, 0.1) is 0 Å². The van der Waals surface area contributed by atoms with Crippen LogP contribution >= 0.6 is 11.3 Å². The van der Waals surface area contributed by atoms with Crippen molar-refractivity contribution in [3.63, 3.8) is 0 Å². The first-order valence-electron chi connectivity index (χ1n) is 7.78. The number of thiophene rings is 1. The van der Waals surface area contributed by atoms with E-state index in [-0.39, 0.29) is 11.9 Å². The minimum atomic E-state index is -0.179. The highest BCUT2D eigenvalue weighted by molar-refractivity contribution is 7.17. The average molecular weight is 332 g/mol. The first-order chi connectivity index (χ1) is 11.8. The lowest BCUT2D eigenvalue weighted by Crippen LogP contribution is -2.29.